The van der Waals surface area contributed by atoms with E-state index in [0.717, 1.165) is 55.9 Å². The molecular formula is C22H23ClF3N3S. The third-order valence-corrected chi connectivity index (χ3v) is 6.71. The molecule has 3 nitrogen and oxygen atoms in total. The van der Waals surface area contributed by atoms with Crippen molar-refractivity contribution in [2.24, 2.45) is 0 Å². The van der Waals surface area contributed by atoms with Gasteiger partial charge in [-0.05, 0) is 42.7 Å². The number of aromatic nitrogens is 1. The van der Waals surface area contributed by atoms with Crippen LogP contribution in [-0.4, -0.2) is 36.1 Å². The van der Waals surface area contributed by atoms with Crippen molar-refractivity contribution >= 4 is 38.3 Å². The fourth-order valence-electron chi connectivity index (χ4n) is 3.92. The maximum Gasteiger partial charge on any atom is 0.416 e. The van der Waals surface area contributed by atoms with Gasteiger partial charge in [0.05, 0.1) is 15.8 Å². The highest BCUT2D eigenvalue weighted by molar-refractivity contribution is 7.22. The van der Waals surface area contributed by atoms with Crippen molar-refractivity contribution in [2.45, 2.75) is 31.9 Å². The lowest BCUT2D eigenvalue weighted by molar-refractivity contribution is -0.137. The summed E-state index contributed by atoms with van der Waals surface area (Å²) in [4.78, 5) is 9.20. The van der Waals surface area contributed by atoms with Crippen LogP contribution in [0.5, 0.6) is 0 Å². The topological polar surface area (TPSA) is 19.4 Å². The first-order valence-corrected chi connectivity index (χ1v) is 11.3. The van der Waals surface area contributed by atoms with Crippen molar-refractivity contribution in [1.82, 2.24) is 9.88 Å². The van der Waals surface area contributed by atoms with E-state index in [9.17, 15) is 13.2 Å². The zero-order chi connectivity index (χ0) is 21.3. The molecule has 0 spiro atoms. The van der Waals surface area contributed by atoms with E-state index in [4.69, 9.17) is 11.6 Å². The fraction of sp³-hybridized carbons (Fsp3) is 0.409. The number of thiazole rings is 1. The zero-order valence-electron chi connectivity index (χ0n) is 16.7. The Morgan fingerprint density at radius 2 is 1.83 bits per heavy atom. The molecule has 0 unspecified atom stereocenters. The van der Waals surface area contributed by atoms with Gasteiger partial charge >= 0.3 is 6.18 Å². The summed E-state index contributed by atoms with van der Waals surface area (Å²) in [5.41, 5.74) is 3.61. The molecule has 0 amide bonds. The summed E-state index contributed by atoms with van der Waals surface area (Å²) in [6, 6.07) is 10.2. The quantitative estimate of drug-likeness (QED) is 0.446. The lowest BCUT2D eigenvalue weighted by Gasteiger charge is -2.22. The first kappa shape index (κ1) is 21.4. The smallest absolute Gasteiger partial charge is 0.347 e. The summed E-state index contributed by atoms with van der Waals surface area (Å²) in [6.07, 6.45) is -3.35. The molecule has 0 N–H and O–H groups in total. The highest BCUT2D eigenvalue weighted by Gasteiger charge is 2.31. The summed E-state index contributed by atoms with van der Waals surface area (Å²) < 4.78 is 39.5. The number of nitrogens with zero attached hydrogens (tertiary/aromatic N) is 3. The van der Waals surface area contributed by atoms with Crippen molar-refractivity contribution in [2.75, 3.05) is 31.1 Å². The summed E-state index contributed by atoms with van der Waals surface area (Å²) in [5.74, 6) is 0.510. The molecule has 1 aliphatic heterocycles. The van der Waals surface area contributed by atoms with E-state index in [1.54, 1.807) is 0 Å². The second-order valence-corrected chi connectivity index (χ2v) is 9.03. The predicted octanol–water partition coefficient (Wildman–Crippen LogP) is 6.07. The van der Waals surface area contributed by atoms with Crippen molar-refractivity contribution in [3.05, 3.63) is 58.7 Å². The van der Waals surface area contributed by atoms with Crippen molar-refractivity contribution < 1.29 is 13.2 Å². The number of aryl methyl sites for hydroxylation is 1. The molecule has 0 aliphatic carbocycles. The Balaban J connectivity index is 1.46. The first-order chi connectivity index (χ1) is 14.3. The largest absolute Gasteiger partial charge is 0.416 e. The highest BCUT2D eigenvalue weighted by atomic mass is 35.5. The van der Waals surface area contributed by atoms with E-state index < -0.39 is 11.7 Å². The Kier molecular flexibility index (Phi) is 6.23. The minimum Gasteiger partial charge on any atom is -0.347 e. The molecule has 160 valence electrons. The molecule has 30 heavy (non-hydrogen) atoms. The van der Waals surface area contributed by atoms with E-state index in [2.05, 4.69) is 39.9 Å². The van der Waals surface area contributed by atoms with Gasteiger partial charge in [0.2, 0.25) is 0 Å². The predicted molar refractivity (Wildman–Crippen MR) is 117 cm³/mol. The summed E-state index contributed by atoms with van der Waals surface area (Å²) in [5, 5.41) is 0.797. The zero-order valence-corrected chi connectivity index (χ0v) is 18.2. The second-order valence-electron chi connectivity index (χ2n) is 7.75. The second kappa shape index (κ2) is 8.73. The molecule has 0 atom stereocenters. The number of halogens is 4. The van der Waals surface area contributed by atoms with Crippen LogP contribution in [0.25, 0.3) is 10.2 Å². The summed E-state index contributed by atoms with van der Waals surface area (Å²) >= 11 is 7.34. The molecule has 0 bridgehead atoms. The Hall–Kier alpha value is -1.83. The normalized spacial score (nSPS) is 16.2. The molecule has 1 saturated heterocycles. The average Bonchev–Trinajstić information content (AvgIpc) is 2.98. The van der Waals surface area contributed by atoms with E-state index in [-0.39, 0.29) is 0 Å². The van der Waals surface area contributed by atoms with Crippen molar-refractivity contribution in [3.63, 3.8) is 0 Å². The maximum absolute atomic E-state index is 13.0. The standard InChI is InChI=1S/C22H23ClF3N3S/c1-15-9-16(13-23)11-17(10-15)14-28-5-2-6-29(8-7-28)21-27-19-4-3-18(22(24,25)26)12-20(19)30-21/h3-4,9-12H,2,5-8,13-14H2,1H3. The lowest BCUT2D eigenvalue weighted by Crippen LogP contribution is -2.30. The molecule has 1 fully saturated rings. The van der Waals surface area contributed by atoms with Gasteiger partial charge in [0.15, 0.2) is 5.13 Å². The van der Waals surface area contributed by atoms with Crippen LogP contribution in [0.3, 0.4) is 0 Å². The van der Waals surface area contributed by atoms with Gasteiger partial charge < -0.3 is 4.90 Å². The van der Waals surface area contributed by atoms with Gasteiger partial charge in [-0.25, -0.2) is 4.98 Å². The van der Waals surface area contributed by atoms with Crippen LogP contribution >= 0.6 is 22.9 Å². The highest BCUT2D eigenvalue weighted by Crippen LogP contribution is 2.35. The molecule has 0 radical (unpaired) electrons. The molecule has 8 heteroatoms. The number of hydrogen-bond donors (Lipinski definition) is 0. The van der Waals surface area contributed by atoms with E-state index >= 15 is 0 Å². The molecule has 2 heterocycles. The van der Waals surface area contributed by atoms with Crippen molar-refractivity contribution in [1.29, 1.82) is 0 Å². The van der Waals surface area contributed by atoms with Crippen LogP contribution in [0.15, 0.2) is 36.4 Å². The van der Waals surface area contributed by atoms with Crippen molar-refractivity contribution in [3.8, 4) is 0 Å². The van der Waals surface area contributed by atoms with Crippen LogP contribution in [0.2, 0.25) is 0 Å². The first-order valence-electron chi connectivity index (χ1n) is 9.92. The number of anilines is 1. The number of benzene rings is 2. The van der Waals surface area contributed by atoms with Crippen LogP contribution in [0.4, 0.5) is 18.3 Å². The third kappa shape index (κ3) is 4.90. The molecule has 0 saturated carbocycles. The van der Waals surface area contributed by atoms with E-state index in [1.165, 1.54) is 34.6 Å². The summed E-state index contributed by atoms with van der Waals surface area (Å²) in [7, 11) is 0. The fourth-order valence-corrected chi connectivity index (χ4v) is 5.13. The molecule has 1 aromatic heterocycles. The van der Waals surface area contributed by atoms with Crippen LogP contribution in [-0.2, 0) is 18.6 Å². The number of hydrogen-bond acceptors (Lipinski definition) is 4. The van der Waals surface area contributed by atoms with Gasteiger partial charge in [-0.15, -0.1) is 11.6 Å². The molecule has 1 aliphatic rings. The molecular weight excluding hydrogens is 431 g/mol. The number of rotatable bonds is 4. The van der Waals surface area contributed by atoms with Crippen LogP contribution in [0, 0.1) is 6.92 Å². The van der Waals surface area contributed by atoms with Gasteiger partial charge in [-0.1, -0.05) is 35.1 Å². The minimum atomic E-state index is -4.33. The Bertz CT molecular complexity index is 1030. The van der Waals surface area contributed by atoms with Gasteiger partial charge in [-0.3, -0.25) is 4.90 Å². The number of fused-ring (bicyclic) bond motifs is 1. The number of alkyl halides is 4. The van der Waals surface area contributed by atoms with Gasteiger partial charge in [0, 0.05) is 38.6 Å². The lowest BCUT2D eigenvalue weighted by atomic mass is 10.1. The monoisotopic (exact) mass is 453 g/mol. The Labute approximate surface area is 183 Å². The molecule has 2 aromatic carbocycles. The van der Waals surface area contributed by atoms with E-state index in [0.29, 0.717) is 16.1 Å². The van der Waals surface area contributed by atoms with E-state index in [1.807, 2.05) is 0 Å². The maximum atomic E-state index is 13.0. The Morgan fingerprint density at radius 3 is 2.60 bits per heavy atom. The Morgan fingerprint density at radius 1 is 1.03 bits per heavy atom. The van der Waals surface area contributed by atoms with Crippen LogP contribution in [0.1, 0.15) is 28.7 Å². The minimum absolute atomic E-state index is 0.510. The molecule has 3 aromatic rings. The van der Waals surface area contributed by atoms with Gasteiger partial charge in [0.1, 0.15) is 0 Å². The third-order valence-electron chi connectivity index (χ3n) is 5.32. The van der Waals surface area contributed by atoms with Gasteiger partial charge in [0.25, 0.3) is 0 Å². The van der Waals surface area contributed by atoms with Gasteiger partial charge in [-0.2, -0.15) is 13.2 Å². The SMILES string of the molecule is Cc1cc(CCl)cc(CN2CCCN(c3nc4ccc(C(F)(F)F)cc4s3)CC2)c1. The molecule has 4 rings (SSSR count). The average molecular weight is 454 g/mol. The summed E-state index contributed by atoms with van der Waals surface area (Å²) in [6.45, 7) is 6.47. The van der Waals surface area contributed by atoms with Crippen LogP contribution < -0.4 is 4.90 Å².